The van der Waals surface area contributed by atoms with Crippen LogP contribution in [0.25, 0.3) is 0 Å². The minimum atomic E-state index is -0.0422. The summed E-state index contributed by atoms with van der Waals surface area (Å²) in [5.74, 6) is 0.713. The van der Waals surface area contributed by atoms with Gasteiger partial charge in [-0.2, -0.15) is 0 Å². The van der Waals surface area contributed by atoms with E-state index < -0.39 is 0 Å². The summed E-state index contributed by atoms with van der Waals surface area (Å²) in [5, 5.41) is 3.19. The van der Waals surface area contributed by atoms with Crippen molar-refractivity contribution in [2.45, 2.75) is 18.9 Å². The number of hydrogen-bond acceptors (Lipinski definition) is 5. The molecule has 1 amide bonds. The topological polar surface area (TPSA) is 48.1 Å². The van der Waals surface area contributed by atoms with Crippen LogP contribution in [0.5, 0.6) is 5.75 Å². The first-order chi connectivity index (χ1) is 15.0. The summed E-state index contributed by atoms with van der Waals surface area (Å²) in [6.45, 7) is 5.84. The van der Waals surface area contributed by atoms with Crippen LogP contribution in [0.3, 0.4) is 0 Å². The molecular weight excluding hydrogens is 388 g/mol. The van der Waals surface area contributed by atoms with Gasteiger partial charge in [-0.3, -0.25) is 9.69 Å². The molecule has 0 bridgehead atoms. The molecule has 2 aromatic rings. The minimum Gasteiger partial charge on any atom is -0.497 e. The first kappa shape index (κ1) is 21.7. The molecule has 1 fully saturated rings. The second kappa shape index (κ2) is 9.71. The fraction of sp³-hybridized carbons (Fsp3) is 0.480. The predicted octanol–water partition coefficient (Wildman–Crippen LogP) is 2.80. The summed E-state index contributed by atoms with van der Waals surface area (Å²) < 4.78 is 5.20. The molecule has 31 heavy (non-hydrogen) atoms. The summed E-state index contributed by atoms with van der Waals surface area (Å²) >= 11 is 0. The van der Waals surface area contributed by atoms with Crippen molar-refractivity contribution in [3.05, 3.63) is 59.2 Å². The van der Waals surface area contributed by atoms with E-state index in [-0.39, 0.29) is 11.9 Å². The Kier molecular flexibility index (Phi) is 6.78. The number of aryl methyl sites for hydroxylation is 1. The molecule has 166 valence electrons. The van der Waals surface area contributed by atoms with Crippen molar-refractivity contribution in [1.29, 1.82) is 0 Å². The minimum absolute atomic E-state index is 0.0422. The summed E-state index contributed by atoms with van der Waals surface area (Å²) in [5.41, 5.74) is 4.72. The van der Waals surface area contributed by atoms with Gasteiger partial charge in [-0.1, -0.05) is 12.1 Å². The number of anilines is 1. The van der Waals surface area contributed by atoms with Gasteiger partial charge in [-0.05, 0) is 61.3 Å². The standard InChI is InChI=1S/C25H34N4O2/c1-27-13-15-29(16-14-27)24(18-26-25(30)19-6-9-22(31-3)10-7-19)21-8-11-23-20(17-21)5-4-12-28(23)2/h6-11,17,24H,4-5,12-16,18H2,1-3H3,(H,26,30)/t24-/m1/s1. The van der Waals surface area contributed by atoms with E-state index >= 15 is 0 Å². The third-order valence-corrected chi connectivity index (χ3v) is 6.63. The van der Waals surface area contributed by atoms with E-state index in [1.807, 2.05) is 24.3 Å². The van der Waals surface area contributed by atoms with Crippen LogP contribution >= 0.6 is 0 Å². The van der Waals surface area contributed by atoms with Gasteiger partial charge >= 0.3 is 0 Å². The molecule has 2 aliphatic rings. The third kappa shape index (κ3) is 5.02. The number of benzene rings is 2. The van der Waals surface area contributed by atoms with Crippen LogP contribution in [0.15, 0.2) is 42.5 Å². The van der Waals surface area contributed by atoms with E-state index in [1.54, 1.807) is 7.11 Å². The Balaban J connectivity index is 1.52. The maximum Gasteiger partial charge on any atom is 0.251 e. The first-order valence-corrected chi connectivity index (χ1v) is 11.2. The van der Waals surface area contributed by atoms with Gasteiger partial charge in [0.15, 0.2) is 0 Å². The lowest BCUT2D eigenvalue weighted by molar-refractivity contribution is 0.0886. The van der Waals surface area contributed by atoms with Crippen LogP contribution in [-0.4, -0.2) is 76.2 Å². The second-order valence-corrected chi connectivity index (χ2v) is 8.71. The number of fused-ring (bicyclic) bond motifs is 1. The van der Waals surface area contributed by atoms with Crippen molar-refractivity contribution >= 4 is 11.6 Å². The number of carbonyl (C=O) groups is 1. The highest BCUT2D eigenvalue weighted by Gasteiger charge is 2.26. The first-order valence-electron chi connectivity index (χ1n) is 11.2. The smallest absolute Gasteiger partial charge is 0.251 e. The van der Waals surface area contributed by atoms with Crippen molar-refractivity contribution < 1.29 is 9.53 Å². The Hall–Kier alpha value is -2.57. The SMILES string of the molecule is COc1ccc(C(=O)NC[C@H](c2ccc3c(c2)CCCN3C)N2CCN(C)CC2)cc1. The number of methoxy groups -OCH3 is 1. The zero-order valence-electron chi connectivity index (χ0n) is 18.9. The van der Waals surface area contributed by atoms with Gasteiger partial charge in [0.2, 0.25) is 0 Å². The maximum atomic E-state index is 12.8. The summed E-state index contributed by atoms with van der Waals surface area (Å²) in [7, 11) is 5.98. The number of carbonyl (C=O) groups excluding carboxylic acids is 1. The van der Waals surface area contributed by atoms with Crippen molar-refractivity contribution in [1.82, 2.24) is 15.1 Å². The molecule has 1 N–H and O–H groups in total. The van der Waals surface area contributed by atoms with Crippen molar-refractivity contribution in [3.63, 3.8) is 0 Å². The molecule has 1 atom stereocenters. The summed E-state index contributed by atoms with van der Waals surface area (Å²) in [6, 6.07) is 14.3. The molecule has 0 saturated carbocycles. The molecule has 0 radical (unpaired) electrons. The van der Waals surface area contributed by atoms with E-state index in [0.29, 0.717) is 12.1 Å². The molecule has 0 aromatic heterocycles. The van der Waals surface area contributed by atoms with Crippen LogP contribution in [0.2, 0.25) is 0 Å². The molecule has 2 aromatic carbocycles. The molecule has 1 saturated heterocycles. The number of ether oxygens (including phenoxy) is 1. The molecule has 0 aliphatic carbocycles. The maximum absolute atomic E-state index is 12.8. The zero-order chi connectivity index (χ0) is 21.8. The lowest BCUT2D eigenvalue weighted by Gasteiger charge is -2.39. The van der Waals surface area contributed by atoms with E-state index in [1.165, 1.54) is 23.2 Å². The van der Waals surface area contributed by atoms with Gasteiger partial charge in [0.05, 0.1) is 13.2 Å². The number of rotatable bonds is 6. The molecule has 0 unspecified atom stereocenters. The Morgan fingerprint density at radius 1 is 1.03 bits per heavy atom. The molecule has 2 aliphatic heterocycles. The van der Waals surface area contributed by atoms with Crippen molar-refractivity contribution in [2.75, 3.05) is 65.4 Å². The van der Waals surface area contributed by atoms with Gasteiger partial charge in [-0.25, -0.2) is 0 Å². The Bertz CT molecular complexity index is 891. The van der Waals surface area contributed by atoms with Gasteiger partial charge in [-0.15, -0.1) is 0 Å². The highest BCUT2D eigenvalue weighted by atomic mass is 16.5. The highest BCUT2D eigenvalue weighted by molar-refractivity contribution is 5.94. The van der Waals surface area contributed by atoms with Crippen molar-refractivity contribution in [3.8, 4) is 5.75 Å². The molecule has 2 heterocycles. The fourth-order valence-electron chi connectivity index (χ4n) is 4.64. The third-order valence-electron chi connectivity index (χ3n) is 6.63. The normalized spacial score (nSPS) is 18.4. The summed E-state index contributed by atoms with van der Waals surface area (Å²) in [6.07, 6.45) is 2.32. The lowest BCUT2D eigenvalue weighted by Crippen LogP contribution is -2.48. The number of nitrogens with zero attached hydrogens (tertiary/aromatic N) is 3. The quantitative estimate of drug-likeness (QED) is 0.776. The lowest BCUT2D eigenvalue weighted by atomic mass is 9.95. The summed E-state index contributed by atoms with van der Waals surface area (Å²) in [4.78, 5) is 20.0. The van der Waals surface area contributed by atoms with E-state index in [4.69, 9.17) is 4.74 Å². The van der Waals surface area contributed by atoms with E-state index in [9.17, 15) is 4.79 Å². The van der Waals surface area contributed by atoms with Crippen LogP contribution < -0.4 is 15.0 Å². The molecule has 6 heteroatoms. The van der Waals surface area contributed by atoms with Gasteiger partial charge in [0.1, 0.15) is 5.75 Å². The Morgan fingerprint density at radius 3 is 2.48 bits per heavy atom. The Morgan fingerprint density at radius 2 is 1.77 bits per heavy atom. The average molecular weight is 423 g/mol. The van der Waals surface area contributed by atoms with Crippen LogP contribution in [0.4, 0.5) is 5.69 Å². The molecular formula is C25H34N4O2. The van der Waals surface area contributed by atoms with Crippen LogP contribution in [-0.2, 0) is 6.42 Å². The predicted molar refractivity (Wildman–Crippen MR) is 125 cm³/mol. The van der Waals surface area contributed by atoms with Gasteiger partial charge < -0.3 is 19.9 Å². The number of nitrogens with one attached hydrogen (secondary N) is 1. The Labute approximate surface area is 185 Å². The number of piperazine rings is 1. The van der Waals surface area contributed by atoms with Crippen molar-refractivity contribution in [2.24, 2.45) is 0 Å². The largest absolute Gasteiger partial charge is 0.497 e. The van der Waals surface area contributed by atoms with Gasteiger partial charge in [0, 0.05) is 57.6 Å². The second-order valence-electron chi connectivity index (χ2n) is 8.71. The average Bonchev–Trinajstić information content (AvgIpc) is 2.80. The molecule has 4 rings (SSSR count). The van der Waals surface area contributed by atoms with E-state index in [2.05, 4.69) is 52.3 Å². The number of amides is 1. The molecule has 0 spiro atoms. The van der Waals surface area contributed by atoms with Gasteiger partial charge in [0.25, 0.3) is 5.91 Å². The highest BCUT2D eigenvalue weighted by Crippen LogP contribution is 2.31. The number of likely N-dealkylation sites (N-methyl/N-ethyl adjacent to an activating group) is 1. The van der Waals surface area contributed by atoms with Crippen LogP contribution in [0.1, 0.15) is 33.9 Å². The fourth-order valence-corrected chi connectivity index (χ4v) is 4.64. The monoisotopic (exact) mass is 422 g/mol. The number of hydrogen-bond donors (Lipinski definition) is 1. The van der Waals surface area contributed by atoms with E-state index in [0.717, 1.165) is 44.9 Å². The molecule has 6 nitrogen and oxygen atoms in total. The van der Waals surface area contributed by atoms with Crippen LogP contribution in [0, 0.1) is 0 Å². The zero-order valence-corrected chi connectivity index (χ0v) is 18.9.